The number of hydrogen-bond donors (Lipinski definition) is 1. The molecule has 1 aliphatic heterocycles. The monoisotopic (exact) mass is 318 g/mol. The van der Waals surface area contributed by atoms with Crippen LogP contribution in [0.1, 0.15) is 21.5 Å². The van der Waals surface area contributed by atoms with Gasteiger partial charge in [0.25, 0.3) is 5.91 Å². The van der Waals surface area contributed by atoms with Crippen molar-refractivity contribution in [3.8, 4) is 0 Å². The van der Waals surface area contributed by atoms with Gasteiger partial charge in [-0.05, 0) is 18.1 Å². The van der Waals surface area contributed by atoms with Crippen molar-refractivity contribution in [2.24, 2.45) is 0 Å². The molecule has 1 aliphatic rings. The molecule has 2 aromatic carbocycles. The molecule has 0 aliphatic carbocycles. The third-order valence-electron chi connectivity index (χ3n) is 3.51. The third-order valence-corrected chi connectivity index (χ3v) is 5.94. The van der Waals surface area contributed by atoms with Crippen molar-refractivity contribution in [3.63, 3.8) is 0 Å². The van der Waals surface area contributed by atoms with E-state index in [4.69, 9.17) is 11.6 Å². The van der Waals surface area contributed by atoms with Gasteiger partial charge in [-0.25, -0.2) is 0 Å². The molecule has 108 valence electrons. The zero-order valence-corrected chi connectivity index (χ0v) is 13.2. The van der Waals surface area contributed by atoms with Crippen LogP contribution in [0.3, 0.4) is 0 Å². The number of amides is 1. The summed E-state index contributed by atoms with van der Waals surface area (Å²) in [6.07, 6.45) is 0.837. The Kier molecular flexibility index (Phi) is 4.51. The molecular formula is C17H17ClNOS+. The normalized spacial score (nSPS) is 18.7. The van der Waals surface area contributed by atoms with Crippen LogP contribution in [-0.2, 0) is 23.3 Å². The fourth-order valence-corrected chi connectivity index (χ4v) is 4.99. The van der Waals surface area contributed by atoms with E-state index >= 15 is 0 Å². The minimum absolute atomic E-state index is 0.0313. The molecule has 21 heavy (non-hydrogen) atoms. The first kappa shape index (κ1) is 14.5. The average molecular weight is 319 g/mol. The molecule has 0 fully saturated rings. The highest BCUT2D eigenvalue weighted by molar-refractivity contribution is 7.95. The highest BCUT2D eigenvalue weighted by atomic mass is 35.5. The topological polar surface area (TPSA) is 29.1 Å². The molecule has 0 bridgehead atoms. The van der Waals surface area contributed by atoms with E-state index in [1.807, 2.05) is 42.5 Å². The van der Waals surface area contributed by atoms with Gasteiger partial charge in [-0.2, -0.15) is 4.72 Å². The summed E-state index contributed by atoms with van der Waals surface area (Å²) in [6, 6.07) is 18.1. The van der Waals surface area contributed by atoms with E-state index in [2.05, 4.69) is 16.9 Å². The molecule has 2 aromatic rings. The molecule has 2 atom stereocenters. The molecule has 1 N–H and O–H groups in total. The minimum Gasteiger partial charge on any atom is -0.265 e. The molecule has 2 nitrogen and oxygen atoms in total. The summed E-state index contributed by atoms with van der Waals surface area (Å²) in [5, 5.41) is 0.0429. The van der Waals surface area contributed by atoms with Gasteiger partial charge < -0.3 is 0 Å². The third kappa shape index (κ3) is 3.60. The minimum atomic E-state index is -0.171. The first-order valence-corrected chi connectivity index (χ1v) is 8.96. The Labute approximate surface area is 133 Å². The molecule has 3 rings (SSSR count). The van der Waals surface area contributed by atoms with Crippen molar-refractivity contribution in [2.75, 3.05) is 5.75 Å². The van der Waals surface area contributed by atoms with E-state index < -0.39 is 0 Å². The summed E-state index contributed by atoms with van der Waals surface area (Å²) < 4.78 is 3.09. The van der Waals surface area contributed by atoms with Crippen LogP contribution in [0.4, 0.5) is 0 Å². The van der Waals surface area contributed by atoms with E-state index in [1.165, 1.54) is 5.56 Å². The van der Waals surface area contributed by atoms with Gasteiger partial charge in [0.1, 0.15) is 16.8 Å². The average Bonchev–Trinajstić information content (AvgIpc) is 2.48. The maximum Gasteiger partial charge on any atom is 0.292 e. The van der Waals surface area contributed by atoms with Crippen LogP contribution < -0.4 is 4.72 Å². The second kappa shape index (κ2) is 6.54. The second-order valence-electron chi connectivity index (χ2n) is 5.18. The van der Waals surface area contributed by atoms with Crippen LogP contribution >= 0.6 is 11.6 Å². The maximum absolute atomic E-state index is 12.1. The molecule has 0 spiro atoms. The first-order valence-electron chi connectivity index (χ1n) is 6.97. The Morgan fingerprint density at radius 1 is 1.10 bits per heavy atom. The zero-order valence-electron chi connectivity index (χ0n) is 11.6. The number of benzene rings is 2. The molecule has 0 radical (unpaired) electrons. The molecule has 0 saturated heterocycles. The van der Waals surface area contributed by atoms with Gasteiger partial charge in [-0.1, -0.05) is 48.5 Å². The molecule has 0 aromatic heterocycles. The Hall–Kier alpha value is -1.45. The van der Waals surface area contributed by atoms with Gasteiger partial charge in [0, 0.05) is 5.56 Å². The zero-order chi connectivity index (χ0) is 14.7. The van der Waals surface area contributed by atoms with Crippen molar-refractivity contribution in [3.05, 3.63) is 71.3 Å². The van der Waals surface area contributed by atoms with Gasteiger partial charge in [-0.15, -0.1) is 11.6 Å². The summed E-state index contributed by atoms with van der Waals surface area (Å²) in [6.45, 7) is 0. The molecule has 1 amide bonds. The van der Waals surface area contributed by atoms with Crippen LogP contribution in [0.5, 0.6) is 0 Å². The summed E-state index contributed by atoms with van der Waals surface area (Å²) in [7, 11) is 0. The van der Waals surface area contributed by atoms with E-state index in [1.54, 1.807) is 0 Å². The Bertz CT molecular complexity index is 632. The smallest absolute Gasteiger partial charge is 0.265 e. The number of nitrogens with one attached hydrogen (secondary N) is 1. The van der Waals surface area contributed by atoms with Crippen LogP contribution in [0.25, 0.3) is 0 Å². The largest absolute Gasteiger partial charge is 0.292 e. The van der Waals surface area contributed by atoms with E-state index in [-0.39, 0.29) is 22.4 Å². The predicted molar refractivity (Wildman–Crippen MR) is 89.6 cm³/mol. The summed E-state index contributed by atoms with van der Waals surface area (Å²) >= 11 is 6.31. The van der Waals surface area contributed by atoms with Gasteiger partial charge in [0.2, 0.25) is 0 Å². The molecule has 0 saturated carbocycles. The Morgan fingerprint density at radius 3 is 2.62 bits per heavy atom. The number of hydrogen-bond acceptors (Lipinski definition) is 1. The Morgan fingerprint density at radius 2 is 1.81 bits per heavy atom. The lowest BCUT2D eigenvalue weighted by atomic mass is 10.1. The van der Waals surface area contributed by atoms with Crippen molar-refractivity contribution in [2.45, 2.75) is 17.6 Å². The standard InChI is InChI=1S/C17H16ClNOS/c18-15(10-13-6-2-1-3-7-13)12-21-11-14-8-4-5-9-16(14)17(20)19-21/h1-9,15H,10-12H2/p+1. The van der Waals surface area contributed by atoms with Crippen molar-refractivity contribution >= 4 is 28.6 Å². The van der Waals surface area contributed by atoms with E-state index in [9.17, 15) is 4.79 Å². The number of carbonyl (C=O) groups excluding carboxylic acids is 1. The van der Waals surface area contributed by atoms with Gasteiger partial charge >= 0.3 is 0 Å². The number of halogens is 1. The SMILES string of the molecule is O=C1N[S+](CC(Cl)Cc2ccccc2)Cc2ccccc21. The molecule has 2 unspecified atom stereocenters. The summed E-state index contributed by atoms with van der Waals surface area (Å²) in [4.78, 5) is 12.1. The van der Waals surface area contributed by atoms with Crippen molar-refractivity contribution in [1.82, 2.24) is 4.72 Å². The first-order chi connectivity index (χ1) is 10.2. The van der Waals surface area contributed by atoms with Gasteiger partial charge in [0.15, 0.2) is 5.75 Å². The van der Waals surface area contributed by atoms with Crippen LogP contribution in [0, 0.1) is 0 Å². The number of alkyl halides is 1. The second-order valence-corrected chi connectivity index (χ2v) is 7.61. The maximum atomic E-state index is 12.1. The quantitative estimate of drug-likeness (QED) is 0.680. The lowest BCUT2D eigenvalue weighted by molar-refractivity contribution is 0.0980. The fourth-order valence-electron chi connectivity index (χ4n) is 2.53. The highest BCUT2D eigenvalue weighted by Crippen LogP contribution is 2.21. The van der Waals surface area contributed by atoms with Crippen LogP contribution in [0.15, 0.2) is 54.6 Å². The lowest BCUT2D eigenvalue weighted by Gasteiger charge is -2.18. The fraction of sp³-hybridized carbons (Fsp3) is 0.235. The number of rotatable bonds is 4. The van der Waals surface area contributed by atoms with Crippen LogP contribution in [0.2, 0.25) is 0 Å². The highest BCUT2D eigenvalue weighted by Gasteiger charge is 2.33. The summed E-state index contributed by atoms with van der Waals surface area (Å²) in [5.41, 5.74) is 3.17. The van der Waals surface area contributed by atoms with E-state index in [0.29, 0.717) is 0 Å². The molecule has 1 heterocycles. The molecule has 4 heteroatoms. The lowest BCUT2D eigenvalue weighted by Crippen LogP contribution is -2.41. The van der Waals surface area contributed by atoms with Crippen LogP contribution in [-0.4, -0.2) is 17.0 Å². The summed E-state index contributed by atoms with van der Waals surface area (Å²) in [5.74, 6) is 1.74. The van der Waals surface area contributed by atoms with E-state index in [0.717, 1.165) is 29.1 Å². The molecular weight excluding hydrogens is 302 g/mol. The number of carbonyl (C=O) groups is 1. The van der Waals surface area contributed by atoms with Gasteiger partial charge in [-0.3, -0.25) is 4.79 Å². The Balaban J connectivity index is 1.63. The van der Waals surface area contributed by atoms with Crippen molar-refractivity contribution in [1.29, 1.82) is 0 Å². The number of fused-ring (bicyclic) bond motifs is 1. The van der Waals surface area contributed by atoms with Crippen molar-refractivity contribution < 1.29 is 4.79 Å². The predicted octanol–water partition coefficient (Wildman–Crippen LogP) is 3.31. The van der Waals surface area contributed by atoms with Gasteiger partial charge in [0.05, 0.1) is 10.9 Å².